The molecular weight excluding hydrogens is 449 g/mol. The number of alkyl halides is 3. The topological polar surface area (TPSA) is 66.5 Å². The van der Waals surface area contributed by atoms with E-state index in [-0.39, 0.29) is 24.0 Å². The quantitative estimate of drug-likeness (QED) is 0.419. The van der Waals surface area contributed by atoms with Crippen LogP contribution in [0.2, 0.25) is 0 Å². The molecule has 5 nitrogen and oxygen atoms in total. The summed E-state index contributed by atoms with van der Waals surface area (Å²) in [5.74, 6) is -13.5. The van der Waals surface area contributed by atoms with E-state index in [4.69, 9.17) is 0 Å². The molecule has 1 saturated carbocycles. The lowest BCUT2D eigenvalue weighted by Gasteiger charge is -2.45. The summed E-state index contributed by atoms with van der Waals surface area (Å²) >= 11 is 0. The molecule has 1 heterocycles. The Morgan fingerprint density at radius 2 is 1.34 bits per heavy atom. The summed E-state index contributed by atoms with van der Waals surface area (Å²) in [5.41, 5.74) is -6.53. The lowest BCUT2D eigenvalue weighted by molar-refractivity contribution is -0.143. The van der Waals surface area contributed by atoms with Crippen LogP contribution in [0, 0.1) is 23.3 Å². The molecule has 1 aliphatic carbocycles. The third kappa shape index (κ3) is 2.88. The number of halogens is 7. The van der Waals surface area contributed by atoms with Crippen LogP contribution < -0.4 is 5.32 Å². The van der Waals surface area contributed by atoms with Gasteiger partial charge in [-0.2, -0.15) is 13.2 Å². The molecule has 1 fully saturated rings. The van der Waals surface area contributed by atoms with Gasteiger partial charge in [-0.1, -0.05) is 12.1 Å². The molecule has 0 aromatic heterocycles. The number of benzene rings is 2. The van der Waals surface area contributed by atoms with Gasteiger partial charge in [-0.05, 0) is 31.4 Å². The van der Waals surface area contributed by atoms with E-state index in [9.17, 15) is 45.1 Å². The number of hydrogen-bond acceptors (Lipinski definition) is 3. The Morgan fingerprint density at radius 3 is 1.72 bits per heavy atom. The second-order valence-corrected chi connectivity index (χ2v) is 7.33. The minimum atomic E-state index is -5.74. The SMILES string of the molecule is O=C1c2ccccc2C(=O)N1C1(C(=O)Nc2c(F)c(F)c(C(F)(F)F)c(F)c2F)CCC1. The first-order valence-electron chi connectivity index (χ1n) is 9.14. The maximum atomic E-state index is 14.2. The number of hydrogen-bond donors (Lipinski definition) is 1. The van der Waals surface area contributed by atoms with E-state index in [2.05, 4.69) is 0 Å². The predicted molar refractivity (Wildman–Crippen MR) is 93.4 cm³/mol. The van der Waals surface area contributed by atoms with Crippen molar-refractivity contribution in [1.29, 1.82) is 0 Å². The fourth-order valence-corrected chi connectivity index (χ4v) is 3.86. The molecule has 0 bridgehead atoms. The second-order valence-electron chi connectivity index (χ2n) is 7.33. The van der Waals surface area contributed by atoms with Crippen LogP contribution in [0.3, 0.4) is 0 Å². The Hall–Kier alpha value is -3.44. The Morgan fingerprint density at radius 1 is 0.875 bits per heavy atom. The monoisotopic (exact) mass is 460 g/mol. The van der Waals surface area contributed by atoms with E-state index in [0.29, 0.717) is 11.3 Å². The Kier molecular flexibility index (Phi) is 4.79. The third-order valence-corrected chi connectivity index (χ3v) is 5.61. The predicted octanol–water partition coefficient (Wildman–Crippen LogP) is 4.42. The Balaban J connectivity index is 1.73. The van der Waals surface area contributed by atoms with E-state index >= 15 is 0 Å². The fraction of sp³-hybridized carbons (Fsp3) is 0.250. The zero-order valence-electron chi connectivity index (χ0n) is 15.7. The number of anilines is 1. The van der Waals surface area contributed by atoms with Gasteiger partial charge in [0.1, 0.15) is 16.8 Å². The molecule has 0 saturated heterocycles. The van der Waals surface area contributed by atoms with E-state index in [1.807, 2.05) is 0 Å². The van der Waals surface area contributed by atoms with E-state index in [1.54, 1.807) is 5.32 Å². The first-order valence-corrected chi connectivity index (χ1v) is 9.14. The normalized spacial score (nSPS) is 17.3. The highest BCUT2D eigenvalue weighted by molar-refractivity contribution is 6.24. The maximum Gasteiger partial charge on any atom is 0.422 e. The average Bonchev–Trinajstić information content (AvgIpc) is 2.94. The first kappa shape index (κ1) is 21.8. The molecule has 3 amide bonds. The van der Waals surface area contributed by atoms with Crippen molar-refractivity contribution in [2.75, 3.05) is 5.32 Å². The van der Waals surface area contributed by atoms with Crippen molar-refractivity contribution in [3.05, 3.63) is 64.2 Å². The van der Waals surface area contributed by atoms with Gasteiger partial charge in [0.05, 0.1) is 11.1 Å². The summed E-state index contributed by atoms with van der Waals surface area (Å²) in [6, 6.07) is 5.61. The van der Waals surface area contributed by atoms with Crippen molar-refractivity contribution in [1.82, 2.24) is 4.90 Å². The maximum absolute atomic E-state index is 14.2. The van der Waals surface area contributed by atoms with Gasteiger partial charge >= 0.3 is 6.18 Å². The van der Waals surface area contributed by atoms with Crippen molar-refractivity contribution in [3.63, 3.8) is 0 Å². The molecule has 168 valence electrons. The van der Waals surface area contributed by atoms with Crippen molar-refractivity contribution < 1.29 is 45.1 Å². The van der Waals surface area contributed by atoms with Crippen molar-refractivity contribution in [3.8, 4) is 0 Å². The zero-order chi connectivity index (χ0) is 23.6. The number of carbonyl (C=O) groups excluding carboxylic acids is 3. The molecular formula is C20H11F7N2O3. The molecule has 1 N–H and O–H groups in total. The van der Waals surface area contributed by atoms with Gasteiger partial charge in [0.2, 0.25) is 0 Å². The summed E-state index contributed by atoms with van der Waals surface area (Å²) in [7, 11) is 0. The molecule has 2 aromatic rings. The number of amides is 3. The molecule has 0 radical (unpaired) electrons. The highest BCUT2D eigenvalue weighted by Crippen LogP contribution is 2.44. The van der Waals surface area contributed by atoms with Gasteiger partial charge < -0.3 is 5.32 Å². The smallest absolute Gasteiger partial charge is 0.319 e. The average molecular weight is 460 g/mol. The highest BCUT2D eigenvalue weighted by atomic mass is 19.4. The van der Waals surface area contributed by atoms with Crippen LogP contribution in [-0.4, -0.2) is 28.2 Å². The minimum absolute atomic E-state index is 0.0134. The van der Waals surface area contributed by atoms with Gasteiger partial charge in [-0.25, -0.2) is 17.6 Å². The second kappa shape index (κ2) is 7.04. The van der Waals surface area contributed by atoms with E-state index in [1.165, 1.54) is 24.3 Å². The largest absolute Gasteiger partial charge is 0.422 e. The van der Waals surface area contributed by atoms with E-state index in [0.717, 1.165) is 0 Å². The highest BCUT2D eigenvalue weighted by Gasteiger charge is 2.57. The standard InChI is InChI=1S/C20H11F7N2O3/c21-11-10(20(25,26)27)12(22)14(24)15(13(11)23)28-18(32)19(6-3-7-19)29-16(30)8-4-1-2-5-9(8)17(29)31/h1-2,4-5H,3,6-7H2,(H,28,32). The van der Waals surface area contributed by atoms with Gasteiger partial charge in [-0.3, -0.25) is 19.3 Å². The summed E-state index contributed by atoms with van der Waals surface area (Å²) in [4.78, 5) is 39.0. The summed E-state index contributed by atoms with van der Waals surface area (Å²) in [5, 5.41) is 1.54. The lowest BCUT2D eigenvalue weighted by Crippen LogP contribution is -2.63. The van der Waals surface area contributed by atoms with Gasteiger partial charge in [-0.15, -0.1) is 0 Å². The van der Waals surface area contributed by atoms with Crippen LogP contribution in [-0.2, 0) is 11.0 Å². The molecule has 0 spiro atoms. The molecule has 0 unspecified atom stereocenters. The Bertz CT molecular complexity index is 1120. The third-order valence-electron chi connectivity index (χ3n) is 5.61. The first-order chi connectivity index (χ1) is 14.9. The van der Waals surface area contributed by atoms with Crippen molar-refractivity contribution in [2.45, 2.75) is 31.0 Å². The molecule has 2 aromatic carbocycles. The van der Waals surface area contributed by atoms with Crippen molar-refractivity contribution in [2.24, 2.45) is 0 Å². The fourth-order valence-electron chi connectivity index (χ4n) is 3.86. The van der Waals surface area contributed by atoms with Gasteiger partial charge in [0.25, 0.3) is 17.7 Å². The minimum Gasteiger partial charge on any atom is -0.319 e. The number of nitrogens with zero attached hydrogens (tertiary/aromatic N) is 1. The number of imide groups is 1. The molecule has 2 aliphatic rings. The zero-order valence-corrected chi connectivity index (χ0v) is 15.7. The lowest BCUT2D eigenvalue weighted by atomic mass is 9.74. The Labute approximate surface area is 174 Å². The van der Waals surface area contributed by atoms with Gasteiger partial charge in [0, 0.05) is 0 Å². The van der Waals surface area contributed by atoms with Crippen LogP contribution in [0.1, 0.15) is 45.5 Å². The summed E-state index contributed by atoms with van der Waals surface area (Å²) < 4.78 is 94.4. The van der Waals surface area contributed by atoms with Crippen LogP contribution in [0.25, 0.3) is 0 Å². The number of carbonyl (C=O) groups is 3. The summed E-state index contributed by atoms with van der Waals surface area (Å²) in [6.45, 7) is 0. The molecule has 12 heteroatoms. The van der Waals surface area contributed by atoms with Crippen LogP contribution in [0.5, 0.6) is 0 Å². The number of rotatable bonds is 3. The van der Waals surface area contributed by atoms with Crippen LogP contribution in [0.4, 0.5) is 36.4 Å². The summed E-state index contributed by atoms with van der Waals surface area (Å²) in [6.07, 6.45) is -5.67. The van der Waals surface area contributed by atoms with Gasteiger partial charge in [0.15, 0.2) is 23.3 Å². The van der Waals surface area contributed by atoms with Crippen molar-refractivity contribution >= 4 is 23.4 Å². The molecule has 1 aliphatic heterocycles. The number of fused-ring (bicyclic) bond motifs is 1. The molecule has 0 atom stereocenters. The molecule has 32 heavy (non-hydrogen) atoms. The molecule has 4 rings (SSSR count). The van der Waals surface area contributed by atoms with E-state index < -0.39 is 64.0 Å². The van der Waals surface area contributed by atoms with Crippen LogP contribution >= 0.6 is 0 Å². The van der Waals surface area contributed by atoms with Crippen LogP contribution in [0.15, 0.2) is 24.3 Å². The number of nitrogens with one attached hydrogen (secondary N) is 1.